The Labute approximate surface area is 172 Å². The summed E-state index contributed by atoms with van der Waals surface area (Å²) in [7, 11) is 0. The fourth-order valence-electron chi connectivity index (χ4n) is 3.60. The Bertz CT molecular complexity index is 1180. The third-order valence-corrected chi connectivity index (χ3v) is 4.94. The van der Waals surface area contributed by atoms with Gasteiger partial charge in [0.2, 0.25) is 0 Å². The second kappa shape index (κ2) is 7.47. The highest BCUT2D eigenvalue weighted by atomic mass is 16.3. The van der Waals surface area contributed by atoms with Crippen molar-refractivity contribution in [2.45, 2.75) is 25.9 Å². The first kappa shape index (κ1) is 18.1. The van der Waals surface area contributed by atoms with Gasteiger partial charge in [-0.1, -0.05) is 30.3 Å². The Balaban J connectivity index is 1.46. The molecular weight excluding hydrogens is 382 g/mol. The van der Waals surface area contributed by atoms with E-state index in [4.69, 9.17) is 8.83 Å². The number of hydrogen-bond acceptors (Lipinski definition) is 6. The van der Waals surface area contributed by atoms with Gasteiger partial charge in [0.25, 0.3) is 5.91 Å². The van der Waals surface area contributed by atoms with Crippen LogP contribution in [0.2, 0.25) is 0 Å². The molecule has 0 fully saturated rings. The van der Waals surface area contributed by atoms with Crippen LogP contribution in [-0.2, 0) is 11.3 Å². The zero-order valence-electron chi connectivity index (χ0n) is 16.3. The molecule has 1 atom stereocenters. The second-order valence-corrected chi connectivity index (χ2v) is 7.00. The first-order valence-electron chi connectivity index (χ1n) is 9.63. The molecule has 1 amide bonds. The summed E-state index contributed by atoms with van der Waals surface area (Å²) in [6.45, 7) is 1.82. The van der Waals surface area contributed by atoms with Crippen molar-refractivity contribution in [2.24, 2.45) is 5.10 Å². The standard InChI is InChI=1S/C22H19N5O3/c1-15-23-22(16-7-3-2-4-8-16)26(24-15)14-21(28)27-18(20-10-6-12-30-20)13-17(25-27)19-9-5-11-29-19/h2-12,18H,13-14H2,1H3. The lowest BCUT2D eigenvalue weighted by atomic mass is 10.1. The smallest absolute Gasteiger partial charge is 0.265 e. The van der Waals surface area contributed by atoms with Crippen LogP contribution in [0.1, 0.15) is 29.8 Å². The lowest BCUT2D eigenvalue weighted by molar-refractivity contribution is -0.134. The molecular formula is C22H19N5O3. The quantitative estimate of drug-likeness (QED) is 0.507. The Morgan fingerprint density at radius 3 is 2.60 bits per heavy atom. The van der Waals surface area contributed by atoms with Crippen LogP contribution in [0, 0.1) is 6.92 Å². The van der Waals surface area contributed by atoms with Gasteiger partial charge in [-0.05, 0) is 31.2 Å². The van der Waals surface area contributed by atoms with Crippen molar-refractivity contribution in [1.29, 1.82) is 0 Å². The second-order valence-electron chi connectivity index (χ2n) is 7.00. The number of carbonyl (C=O) groups excluding carboxylic acids is 1. The van der Waals surface area contributed by atoms with E-state index in [0.717, 1.165) is 5.56 Å². The van der Waals surface area contributed by atoms with Gasteiger partial charge in [0.15, 0.2) is 5.82 Å². The Morgan fingerprint density at radius 1 is 1.07 bits per heavy atom. The van der Waals surface area contributed by atoms with Crippen molar-refractivity contribution < 1.29 is 13.6 Å². The van der Waals surface area contributed by atoms with Gasteiger partial charge in [-0.2, -0.15) is 10.2 Å². The van der Waals surface area contributed by atoms with Gasteiger partial charge >= 0.3 is 0 Å². The van der Waals surface area contributed by atoms with Crippen molar-refractivity contribution in [2.75, 3.05) is 0 Å². The topological polar surface area (TPSA) is 89.7 Å². The van der Waals surface area contributed by atoms with Crippen molar-refractivity contribution >= 4 is 11.6 Å². The minimum atomic E-state index is -0.336. The number of benzene rings is 1. The fourth-order valence-corrected chi connectivity index (χ4v) is 3.60. The maximum Gasteiger partial charge on any atom is 0.265 e. The summed E-state index contributed by atoms with van der Waals surface area (Å²) in [5, 5.41) is 10.4. The molecule has 0 spiro atoms. The maximum absolute atomic E-state index is 13.3. The SMILES string of the molecule is Cc1nc(-c2ccccc2)n(CC(=O)N2N=C(c3ccco3)CC2c2ccco2)n1. The molecule has 5 rings (SSSR count). The minimum absolute atomic E-state index is 0.0111. The minimum Gasteiger partial charge on any atom is -0.467 e. The van der Waals surface area contributed by atoms with E-state index in [1.165, 1.54) is 5.01 Å². The molecule has 0 saturated carbocycles. The van der Waals surface area contributed by atoms with Gasteiger partial charge in [0, 0.05) is 12.0 Å². The predicted molar refractivity (Wildman–Crippen MR) is 108 cm³/mol. The number of furan rings is 2. The molecule has 8 nitrogen and oxygen atoms in total. The van der Waals surface area contributed by atoms with Crippen molar-refractivity contribution in [3.8, 4) is 11.4 Å². The van der Waals surface area contributed by atoms with Gasteiger partial charge in [0.05, 0.1) is 12.5 Å². The van der Waals surface area contributed by atoms with Crippen LogP contribution in [0.15, 0.2) is 81.1 Å². The van der Waals surface area contributed by atoms with Crippen LogP contribution >= 0.6 is 0 Å². The molecule has 4 aromatic rings. The molecule has 1 aliphatic rings. The molecule has 8 heteroatoms. The first-order valence-corrected chi connectivity index (χ1v) is 9.63. The van der Waals surface area contributed by atoms with Crippen molar-refractivity contribution in [3.63, 3.8) is 0 Å². The van der Waals surface area contributed by atoms with E-state index in [1.54, 1.807) is 29.3 Å². The van der Waals surface area contributed by atoms with E-state index >= 15 is 0 Å². The third kappa shape index (κ3) is 3.32. The van der Waals surface area contributed by atoms with E-state index in [0.29, 0.717) is 35.3 Å². The average Bonchev–Trinajstić information content (AvgIpc) is 3.53. The number of aromatic nitrogens is 3. The lowest BCUT2D eigenvalue weighted by Gasteiger charge is -2.20. The van der Waals surface area contributed by atoms with Gasteiger partial charge in [-0.3, -0.25) is 4.79 Å². The summed E-state index contributed by atoms with van der Waals surface area (Å²) in [5.41, 5.74) is 1.60. The molecule has 0 N–H and O–H groups in total. The molecule has 1 aliphatic heterocycles. The van der Waals surface area contributed by atoms with Crippen LogP contribution < -0.4 is 0 Å². The summed E-state index contributed by atoms with van der Waals surface area (Å²) in [6.07, 6.45) is 3.69. The summed E-state index contributed by atoms with van der Waals surface area (Å²) in [6, 6.07) is 16.6. The molecule has 1 unspecified atom stereocenters. The zero-order chi connectivity index (χ0) is 20.5. The highest BCUT2D eigenvalue weighted by Gasteiger charge is 2.36. The molecule has 150 valence electrons. The average molecular weight is 401 g/mol. The third-order valence-electron chi connectivity index (χ3n) is 4.94. The van der Waals surface area contributed by atoms with Crippen LogP contribution in [0.3, 0.4) is 0 Å². The number of carbonyl (C=O) groups is 1. The first-order chi connectivity index (χ1) is 14.7. The zero-order valence-corrected chi connectivity index (χ0v) is 16.3. The van der Waals surface area contributed by atoms with E-state index in [2.05, 4.69) is 15.2 Å². The lowest BCUT2D eigenvalue weighted by Crippen LogP contribution is -2.30. The van der Waals surface area contributed by atoms with Crippen molar-refractivity contribution in [3.05, 3.63) is 84.5 Å². The van der Waals surface area contributed by atoms with Crippen LogP contribution in [0.5, 0.6) is 0 Å². The number of aryl methyl sites for hydroxylation is 1. The van der Waals surface area contributed by atoms with E-state index < -0.39 is 0 Å². The maximum atomic E-state index is 13.3. The Kier molecular flexibility index (Phi) is 4.51. The molecule has 1 aromatic carbocycles. The number of nitrogens with zero attached hydrogens (tertiary/aromatic N) is 5. The number of hydrazone groups is 1. The highest BCUT2D eigenvalue weighted by molar-refractivity contribution is 6.01. The molecule has 3 aromatic heterocycles. The Hall–Kier alpha value is -3.94. The summed E-state index contributed by atoms with van der Waals surface area (Å²) < 4.78 is 12.7. The fraction of sp³-hybridized carbons (Fsp3) is 0.182. The van der Waals surface area contributed by atoms with Gasteiger partial charge in [-0.25, -0.2) is 14.7 Å². The Morgan fingerprint density at radius 2 is 1.87 bits per heavy atom. The summed E-state index contributed by atoms with van der Waals surface area (Å²) >= 11 is 0. The number of amides is 1. The van der Waals surface area contributed by atoms with Gasteiger partial charge in [0.1, 0.15) is 35.6 Å². The van der Waals surface area contributed by atoms with Gasteiger partial charge < -0.3 is 8.83 Å². The van der Waals surface area contributed by atoms with E-state index in [9.17, 15) is 4.79 Å². The van der Waals surface area contributed by atoms with Gasteiger partial charge in [-0.15, -0.1) is 0 Å². The van der Waals surface area contributed by atoms with Crippen LogP contribution in [-0.4, -0.2) is 31.4 Å². The normalized spacial score (nSPS) is 16.1. The summed E-state index contributed by atoms with van der Waals surface area (Å²) in [4.78, 5) is 17.8. The molecule has 0 bridgehead atoms. The summed E-state index contributed by atoms with van der Waals surface area (Å²) in [5.74, 6) is 2.35. The van der Waals surface area contributed by atoms with E-state index in [1.807, 2.05) is 49.4 Å². The molecule has 0 radical (unpaired) electrons. The van der Waals surface area contributed by atoms with Crippen LogP contribution in [0.4, 0.5) is 0 Å². The molecule has 0 saturated heterocycles. The predicted octanol–water partition coefficient (Wildman–Crippen LogP) is 3.82. The monoisotopic (exact) mass is 401 g/mol. The van der Waals surface area contributed by atoms with E-state index in [-0.39, 0.29) is 18.5 Å². The van der Waals surface area contributed by atoms with Crippen molar-refractivity contribution in [1.82, 2.24) is 19.8 Å². The largest absolute Gasteiger partial charge is 0.467 e. The number of hydrogen-bond donors (Lipinski definition) is 0. The highest BCUT2D eigenvalue weighted by Crippen LogP contribution is 2.33. The van der Waals surface area contributed by atoms with Crippen LogP contribution in [0.25, 0.3) is 11.4 Å². The molecule has 30 heavy (non-hydrogen) atoms. The molecule has 0 aliphatic carbocycles. The number of rotatable bonds is 5. The molecule has 4 heterocycles.